The van der Waals surface area contributed by atoms with Crippen molar-refractivity contribution in [1.29, 1.82) is 0 Å². The molecule has 0 bridgehead atoms. The number of hydrogen-bond acceptors (Lipinski definition) is 3. The fourth-order valence-electron chi connectivity index (χ4n) is 4.62. The Morgan fingerprint density at radius 2 is 1.78 bits per heavy atom. The molecule has 3 rings (SSSR count). The minimum absolute atomic E-state index is 0.765. The molecule has 148 valence electrons. The van der Waals surface area contributed by atoms with E-state index in [1.165, 1.54) is 5.56 Å². The van der Waals surface area contributed by atoms with Crippen molar-refractivity contribution in [3.63, 3.8) is 0 Å². The van der Waals surface area contributed by atoms with Crippen LogP contribution in [0.1, 0.15) is 69.0 Å². The van der Waals surface area contributed by atoms with Crippen molar-refractivity contribution < 1.29 is 5.11 Å². The van der Waals surface area contributed by atoms with Crippen LogP contribution < -0.4 is 4.90 Å². The van der Waals surface area contributed by atoms with Crippen molar-refractivity contribution in [1.82, 2.24) is 9.55 Å². The van der Waals surface area contributed by atoms with Crippen LogP contribution in [-0.2, 0) is 18.6 Å². The Balaban J connectivity index is 2.13. The van der Waals surface area contributed by atoms with Gasteiger partial charge in [0.15, 0.2) is 0 Å². The molecule has 1 N–H and O–H groups in total. The maximum absolute atomic E-state index is 11.5. The van der Waals surface area contributed by atoms with Crippen LogP contribution >= 0.6 is 11.6 Å². The number of benzene rings is 1. The van der Waals surface area contributed by atoms with E-state index in [1.807, 2.05) is 6.07 Å². The number of aryl methyl sites for hydroxylation is 3. The zero-order valence-corrected chi connectivity index (χ0v) is 18.0. The topological polar surface area (TPSA) is 41.3 Å². The number of rotatable bonds is 7. The zero-order chi connectivity index (χ0) is 19.8. The Hall–Kier alpha value is -1.52. The molecule has 0 radical (unpaired) electrons. The molecule has 1 aromatic heterocycles. The summed E-state index contributed by atoms with van der Waals surface area (Å²) in [6, 6.07) is 4.18. The molecule has 2 aromatic rings. The van der Waals surface area contributed by atoms with Gasteiger partial charge in [0.1, 0.15) is 5.60 Å². The largest absolute Gasteiger partial charge is 0.384 e. The maximum atomic E-state index is 11.5. The number of nitrogens with zero attached hydrogens (tertiary/aromatic N) is 3. The average Bonchev–Trinajstić information content (AvgIpc) is 3.14. The molecule has 4 nitrogen and oxygen atoms in total. The predicted molar refractivity (Wildman–Crippen MR) is 113 cm³/mol. The third kappa shape index (κ3) is 3.50. The van der Waals surface area contributed by atoms with Crippen molar-refractivity contribution in [3.05, 3.63) is 39.7 Å². The molecule has 1 aromatic carbocycles. The molecular formula is C22H32ClN3O. The first-order valence-corrected chi connectivity index (χ1v) is 10.6. The van der Waals surface area contributed by atoms with Crippen LogP contribution in [0.4, 0.5) is 11.6 Å². The van der Waals surface area contributed by atoms with Crippen molar-refractivity contribution in [2.45, 2.75) is 78.9 Å². The minimum atomic E-state index is -0.803. The summed E-state index contributed by atoms with van der Waals surface area (Å²) in [5, 5.41) is 12.3. The average molecular weight is 390 g/mol. The van der Waals surface area contributed by atoms with E-state index in [0.29, 0.717) is 0 Å². The standard InChI is InChI=1S/C22H32ClN3O/c1-6-9-22(27,10-7-2)20-18(8-3)24-21-25(11-12-26(20)21)19-16(5)13-15(4)14-17(19)23/h13-14,27H,6-12H2,1-5H3. The Labute approximate surface area is 168 Å². The second-order valence-electron chi connectivity index (χ2n) is 7.81. The molecule has 0 amide bonds. The molecule has 5 heteroatoms. The molecule has 2 heterocycles. The van der Waals surface area contributed by atoms with Gasteiger partial charge in [0.25, 0.3) is 0 Å². The zero-order valence-electron chi connectivity index (χ0n) is 17.3. The number of halogens is 1. The van der Waals surface area contributed by atoms with Gasteiger partial charge < -0.3 is 14.6 Å². The fraction of sp³-hybridized carbons (Fsp3) is 0.591. The highest BCUT2D eigenvalue weighted by molar-refractivity contribution is 6.33. The number of anilines is 2. The Morgan fingerprint density at radius 1 is 1.11 bits per heavy atom. The van der Waals surface area contributed by atoms with E-state index in [2.05, 4.69) is 50.2 Å². The first-order chi connectivity index (χ1) is 12.9. The Kier molecular flexibility index (Phi) is 5.87. The van der Waals surface area contributed by atoms with E-state index < -0.39 is 5.60 Å². The lowest BCUT2D eigenvalue weighted by atomic mass is 9.87. The van der Waals surface area contributed by atoms with Crippen LogP contribution in [-0.4, -0.2) is 21.2 Å². The van der Waals surface area contributed by atoms with E-state index in [9.17, 15) is 5.11 Å². The molecule has 27 heavy (non-hydrogen) atoms. The quantitative estimate of drug-likeness (QED) is 0.664. The molecule has 1 aliphatic rings. The minimum Gasteiger partial charge on any atom is -0.384 e. The normalized spacial score (nSPS) is 14.1. The molecule has 0 fully saturated rings. The lowest BCUT2D eigenvalue weighted by Gasteiger charge is -2.29. The van der Waals surface area contributed by atoms with Gasteiger partial charge in [-0.3, -0.25) is 0 Å². The predicted octanol–water partition coefficient (Wildman–Crippen LogP) is 5.66. The summed E-state index contributed by atoms with van der Waals surface area (Å²) in [6.45, 7) is 12.2. The first-order valence-electron chi connectivity index (χ1n) is 10.2. The van der Waals surface area contributed by atoms with Gasteiger partial charge >= 0.3 is 0 Å². The van der Waals surface area contributed by atoms with E-state index in [1.54, 1.807) is 0 Å². The second kappa shape index (κ2) is 7.84. The van der Waals surface area contributed by atoms with Gasteiger partial charge in [0, 0.05) is 13.1 Å². The molecule has 0 aliphatic carbocycles. The molecule has 0 unspecified atom stereocenters. The van der Waals surface area contributed by atoms with Crippen LogP contribution in [0.5, 0.6) is 0 Å². The van der Waals surface area contributed by atoms with Crippen molar-refractivity contribution in [2.75, 3.05) is 11.4 Å². The fourth-order valence-corrected chi connectivity index (χ4v) is 5.05. The van der Waals surface area contributed by atoms with E-state index >= 15 is 0 Å². The lowest BCUT2D eigenvalue weighted by molar-refractivity contribution is 0.00890. The monoisotopic (exact) mass is 389 g/mol. The van der Waals surface area contributed by atoms with Crippen LogP contribution in [0.15, 0.2) is 12.1 Å². The van der Waals surface area contributed by atoms with Crippen LogP contribution in [0.3, 0.4) is 0 Å². The van der Waals surface area contributed by atoms with Gasteiger partial charge in [-0.25, -0.2) is 4.98 Å². The number of aliphatic hydroxyl groups is 1. The SMILES string of the molecule is CCCC(O)(CCC)c1c(CC)nc2n1CCN2c1c(C)cc(C)cc1Cl. The van der Waals surface area contributed by atoms with Gasteiger partial charge in [-0.15, -0.1) is 0 Å². The first kappa shape index (κ1) is 20.2. The summed E-state index contributed by atoms with van der Waals surface area (Å²) in [5.74, 6) is 0.918. The molecule has 0 spiro atoms. The van der Waals surface area contributed by atoms with Gasteiger partial charge in [-0.2, -0.15) is 0 Å². The van der Waals surface area contributed by atoms with E-state index in [0.717, 1.165) is 78.8 Å². The van der Waals surface area contributed by atoms with Crippen LogP contribution in [0.25, 0.3) is 0 Å². The van der Waals surface area contributed by atoms with Crippen molar-refractivity contribution in [2.24, 2.45) is 0 Å². The summed E-state index contributed by atoms with van der Waals surface area (Å²) in [6.07, 6.45) is 4.26. The van der Waals surface area contributed by atoms with Crippen LogP contribution in [0, 0.1) is 13.8 Å². The second-order valence-corrected chi connectivity index (χ2v) is 8.21. The maximum Gasteiger partial charge on any atom is 0.210 e. The van der Waals surface area contributed by atoms with Crippen molar-refractivity contribution >= 4 is 23.2 Å². The molecule has 0 saturated heterocycles. The molecule has 0 atom stereocenters. The third-order valence-electron chi connectivity index (χ3n) is 5.58. The van der Waals surface area contributed by atoms with Gasteiger partial charge in [-0.1, -0.05) is 51.3 Å². The number of aromatic nitrogens is 2. The third-order valence-corrected chi connectivity index (χ3v) is 5.87. The summed E-state index contributed by atoms with van der Waals surface area (Å²) < 4.78 is 2.24. The van der Waals surface area contributed by atoms with Crippen LogP contribution in [0.2, 0.25) is 5.02 Å². The lowest BCUT2D eigenvalue weighted by Crippen LogP contribution is -2.30. The highest BCUT2D eigenvalue weighted by Crippen LogP contribution is 2.43. The number of imidazole rings is 1. The highest BCUT2D eigenvalue weighted by atomic mass is 35.5. The summed E-state index contributed by atoms with van der Waals surface area (Å²) in [4.78, 5) is 7.19. The summed E-state index contributed by atoms with van der Waals surface area (Å²) >= 11 is 6.62. The van der Waals surface area contributed by atoms with E-state index in [4.69, 9.17) is 16.6 Å². The molecular weight excluding hydrogens is 358 g/mol. The summed E-state index contributed by atoms with van der Waals surface area (Å²) in [5.41, 5.74) is 4.59. The van der Waals surface area contributed by atoms with Crippen molar-refractivity contribution in [3.8, 4) is 0 Å². The summed E-state index contributed by atoms with van der Waals surface area (Å²) in [7, 11) is 0. The Morgan fingerprint density at radius 3 is 2.33 bits per heavy atom. The number of hydrogen-bond donors (Lipinski definition) is 1. The van der Waals surface area contributed by atoms with E-state index in [-0.39, 0.29) is 0 Å². The Bertz CT molecular complexity index is 798. The highest BCUT2D eigenvalue weighted by Gasteiger charge is 2.38. The molecule has 1 aliphatic heterocycles. The van der Waals surface area contributed by atoms with Gasteiger partial charge in [0.05, 0.1) is 22.1 Å². The van der Waals surface area contributed by atoms with Gasteiger partial charge in [0.2, 0.25) is 5.95 Å². The molecule has 0 saturated carbocycles. The smallest absolute Gasteiger partial charge is 0.210 e. The van der Waals surface area contributed by atoms with Gasteiger partial charge in [-0.05, 0) is 50.3 Å². The number of fused-ring (bicyclic) bond motifs is 1.